The monoisotopic (exact) mass is 698 g/mol. The average molecular weight is 699 g/mol. The summed E-state index contributed by atoms with van der Waals surface area (Å²) >= 11 is 0. The maximum atomic E-state index is 13.5. The molecule has 2 aliphatic rings. The Kier molecular flexibility index (Phi) is 10.3. The molecule has 2 aromatic carbocycles. The number of carbonyl (C=O) groups is 4. The highest BCUT2D eigenvalue weighted by Crippen LogP contribution is 2.35. The van der Waals surface area contributed by atoms with Crippen molar-refractivity contribution in [3.63, 3.8) is 0 Å². The van der Waals surface area contributed by atoms with Crippen LogP contribution in [-0.2, 0) is 14.3 Å². The highest BCUT2D eigenvalue weighted by atomic mass is 16.5. The van der Waals surface area contributed by atoms with E-state index in [1.54, 1.807) is 22.2 Å². The lowest BCUT2D eigenvalue weighted by atomic mass is 10.0. The molecule has 0 aliphatic carbocycles. The normalized spacial score (nSPS) is 18.7. The van der Waals surface area contributed by atoms with E-state index in [0.29, 0.717) is 24.7 Å². The van der Waals surface area contributed by atoms with Gasteiger partial charge < -0.3 is 40.2 Å². The summed E-state index contributed by atoms with van der Waals surface area (Å²) in [5, 5.41) is 16.4. The van der Waals surface area contributed by atoms with Crippen LogP contribution in [0.3, 0.4) is 0 Å². The third-order valence-electron chi connectivity index (χ3n) is 9.96. The number of aromatic amines is 2. The number of hydrogen-bond acceptors (Lipinski definition) is 7. The minimum atomic E-state index is -1.22. The van der Waals surface area contributed by atoms with Crippen molar-refractivity contribution in [2.45, 2.75) is 77.5 Å². The third-order valence-corrected chi connectivity index (χ3v) is 9.96. The number of nitrogens with zero attached hydrogens (tertiary/aromatic N) is 4. The van der Waals surface area contributed by atoms with Gasteiger partial charge in [0.1, 0.15) is 23.7 Å². The Hall–Kier alpha value is -5.40. The standard InChI is InChI=1S/C37H46N8O6/c1-20(2)30(42-36(48)49)34(46)44-14-6-8-28(44)32-38-18-26(40-32)24-12-10-23-17-25(13-11-22(23)16-24)27-19-39-33(41-27)29-9-7-15-45(29)35(47)31(21(3)4)43-37(50)51-5/h10-13,16-21,28-31,42H,6-9,14-15H2,1-5H3,(H,38,40)(H,39,41)(H,43,50)(H,48,49). The Morgan fingerprint density at radius 2 is 1.22 bits per heavy atom. The quantitative estimate of drug-likeness (QED) is 0.141. The molecule has 4 heterocycles. The minimum absolute atomic E-state index is 0.112. The Morgan fingerprint density at radius 3 is 1.63 bits per heavy atom. The molecule has 0 spiro atoms. The molecule has 4 unspecified atom stereocenters. The number of benzene rings is 2. The van der Waals surface area contributed by atoms with Gasteiger partial charge in [0.2, 0.25) is 11.8 Å². The van der Waals surface area contributed by atoms with Gasteiger partial charge in [-0.1, -0.05) is 52.0 Å². The zero-order valence-electron chi connectivity index (χ0n) is 29.6. The van der Waals surface area contributed by atoms with Crippen LogP contribution in [0.5, 0.6) is 0 Å². The Bertz CT molecular complexity index is 1920. The van der Waals surface area contributed by atoms with Gasteiger partial charge in [-0.25, -0.2) is 19.6 Å². The number of imidazole rings is 2. The number of alkyl carbamates (subject to hydrolysis) is 1. The van der Waals surface area contributed by atoms with Gasteiger partial charge in [0, 0.05) is 24.2 Å². The fraction of sp³-hybridized carbons (Fsp3) is 0.459. The molecule has 6 rings (SSSR count). The average Bonchev–Trinajstić information content (AvgIpc) is 3.94. The Balaban J connectivity index is 1.17. The molecule has 2 aromatic heterocycles. The largest absolute Gasteiger partial charge is 0.465 e. The Labute approximate surface area is 296 Å². The molecular formula is C37H46N8O6. The summed E-state index contributed by atoms with van der Waals surface area (Å²) in [6.45, 7) is 8.57. The van der Waals surface area contributed by atoms with Crippen molar-refractivity contribution >= 4 is 34.8 Å². The first kappa shape index (κ1) is 35.4. The van der Waals surface area contributed by atoms with Crippen molar-refractivity contribution in [2.24, 2.45) is 11.8 Å². The lowest BCUT2D eigenvalue weighted by Crippen LogP contribution is -2.51. The molecule has 14 heteroatoms. The fourth-order valence-corrected chi connectivity index (χ4v) is 7.22. The van der Waals surface area contributed by atoms with E-state index in [1.165, 1.54) is 7.11 Å². The highest BCUT2D eigenvalue weighted by Gasteiger charge is 2.39. The van der Waals surface area contributed by atoms with Crippen LogP contribution in [0.4, 0.5) is 9.59 Å². The van der Waals surface area contributed by atoms with Crippen LogP contribution in [0.15, 0.2) is 48.8 Å². The van der Waals surface area contributed by atoms with E-state index < -0.39 is 24.3 Å². The topological polar surface area (TPSA) is 186 Å². The van der Waals surface area contributed by atoms with Crippen LogP contribution in [0.1, 0.15) is 77.1 Å². The second-order valence-electron chi connectivity index (χ2n) is 14.0. The van der Waals surface area contributed by atoms with Crippen molar-refractivity contribution < 1.29 is 29.0 Å². The fourth-order valence-electron chi connectivity index (χ4n) is 7.22. The smallest absolute Gasteiger partial charge is 0.407 e. The van der Waals surface area contributed by atoms with Gasteiger partial charge in [-0.05, 0) is 60.4 Å². The third kappa shape index (κ3) is 7.40. The van der Waals surface area contributed by atoms with Crippen molar-refractivity contribution in [3.8, 4) is 22.5 Å². The first-order chi connectivity index (χ1) is 24.4. The number of aromatic nitrogens is 4. The zero-order valence-corrected chi connectivity index (χ0v) is 29.6. The van der Waals surface area contributed by atoms with Gasteiger partial charge in [-0.2, -0.15) is 0 Å². The molecule has 270 valence electrons. The number of likely N-dealkylation sites (tertiary alicyclic amines) is 2. The number of nitrogens with one attached hydrogen (secondary N) is 4. The van der Waals surface area contributed by atoms with E-state index in [0.717, 1.165) is 59.0 Å². The van der Waals surface area contributed by atoms with Crippen LogP contribution in [0.25, 0.3) is 33.3 Å². The van der Waals surface area contributed by atoms with Crippen molar-refractivity contribution in [3.05, 3.63) is 60.4 Å². The minimum Gasteiger partial charge on any atom is -0.465 e. The van der Waals surface area contributed by atoms with Crippen LogP contribution >= 0.6 is 0 Å². The predicted octanol–water partition coefficient (Wildman–Crippen LogP) is 5.62. The summed E-state index contributed by atoms with van der Waals surface area (Å²) in [4.78, 5) is 69.9. The second-order valence-corrected chi connectivity index (χ2v) is 14.0. The van der Waals surface area contributed by atoms with Crippen LogP contribution in [0, 0.1) is 11.8 Å². The molecule has 51 heavy (non-hydrogen) atoms. The molecule has 2 aliphatic heterocycles. The molecule has 0 radical (unpaired) electrons. The van der Waals surface area contributed by atoms with Gasteiger partial charge in [0.05, 0.1) is 43.0 Å². The van der Waals surface area contributed by atoms with Gasteiger partial charge in [0.15, 0.2) is 0 Å². The molecule has 4 aromatic rings. The number of fused-ring (bicyclic) bond motifs is 1. The number of carboxylic acid groups (broad SMARTS) is 1. The first-order valence-electron chi connectivity index (χ1n) is 17.5. The predicted molar refractivity (Wildman–Crippen MR) is 190 cm³/mol. The second kappa shape index (κ2) is 14.8. The van der Waals surface area contributed by atoms with Crippen molar-refractivity contribution in [2.75, 3.05) is 20.2 Å². The number of H-pyrrole nitrogens is 2. The van der Waals surface area contributed by atoms with Gasteiger partial charge >= 0.3 is 12.2 Å². The van der Waals surface area contributed by atoms with Crippen LogP contribution in [-0.4, -0.2) is 91.1 Å². The number of methoxy groups -OCH3 is 1. The number of carbonyl (C=O) groups excluding carboxylic acids is 3. The summed E-state index contributed by atoms with van der Waals surface area (Å²) in [6, 6.07) is 10.4. The molecule has 0 bridgehead atoms. The van der Waals surface area contributed by atoms with Crippen LogP contribution in [0.2, 0.25) is 0 Å². The van der Waals surface area contributed by atoms with E-state index in [1.807, 2.05) is 39.8 Å². The Morgan fingerprint density at radius 1 is 0.765 bits per heavy atom. The van der Waals surface area contributed by atoms with E-state index in [9.17, 15) is 24.3 Å². The van der Waals surface area contributed by atoms with Crippen molar-refractivity contribution in [1.29, 1.82) is 0 Å². The van der Waals surface area contributed by atoms with Crippen LogP contribution < -0.4 is 10.6 Å². The van der Waals surface area contributed by atoms with Gasteiger partial charge in [-0.3, -0.25) is 9.59 Å². The molecule has 2 fully saturated rings. The van der Waals surface area contributed by atoms with Gasteiger partial charge in [0.25, 0.3) is 0 Å². The molecule has 2 saturated heterocycles. The molecular weight excluding hydrogens is 652 g/mol. The maximum absolute atomic E-state index is 13.5. The molecule has 14 nitrogen and oxygen atoms in total. The van der Waals surface area contributed by atoms with E-state index >= 15 is 0 Å². The van der Waals surface area contributed by atoms with Crippen molar-refractivity contribution in [1.82, 2.24) is 40.4 Å². The van der Waals surface area contributed by atoms with Gasteiger partial charge in [-0.15, -0.1) is 0 Å². The molecule has 4 amide bonds. The first-order valence-corrected chi connectivity index (χ1v) is 17.5. The summed E-state index contributed by atoms with van der Waals surface area (Å²) in [5.41, 5.74) is 3.59. The summed E-state index contributed by atoms with van der Waals surface area (Å²) in [5.74, 6) is 0.705. The highest BCUT2D eigenvalue weighted by molar-refractivity contribution is 5.90. The lowest BCUT2D eigenvalue weighted by Gasteiger charge is -2.30. The van der Waals surface area contributed by atoms with E-state index in [2.05, 4.69) is 54.8 Å². The number of rotatable bonds is 10. The summed E-state index contributed by atoms with van der Waals surface area (Å²) in [6.07, 6.45) is 4.89. The molecule has 0 saturated carbocycles. The number of ether oxygens (including phenoxy) is 1. The summed E-state index contributed by atoms with van der Waals surface area (Å²) in [7, 11) is 1.28. The number of hydrogen-bond donors (Lipinski definition) is 5. The van der Waals surface area contributed by atoms with E-state index in [4.69, 9.17) is 4.74 Å². The van der Waals surface area contributed by atoms with E-state index in [-0.39, 0.29) is 35.7 Å². The maximum Gasteiger partial charge on any atom is 0.407 e. The summed E-state index contributed by atoms with van der Waals surface area (Å²) < 4.78 is 4.75. The zero-order chi connectivity index (χ0) is 36.4. The number of amides is 4. The molecule has 5 N–H and O–H groups in total. The SMILES string of the molecule is COC(=O)NC(C(=O)N1CCCC1c1ncc(-c2ccc3cc(-c4cnc(C5CCCN5C(=O)C(NC(=O)O)C(C)C)[nH]4)ccc3c2)[nH]1)C(C)C. The molecule has 4 atom stereocenters. The lowest BCUT2D eigenvalue weighted by molar-refractivity contribution is -0.136.